The lowest BCUT2D eigenvalue weighted by Crippen LogP contribution is -2.45. The van der Waals surface area contributed by atoms with Crippen molar-refractivity contribution in [1.29, 1.82) is 0 Å². The molecule has 1 aromatic carbocycles. The van der Waals surface area contributed by atoms with Crippen LogP contribution < -0.4 is 5.32 Å². The van der Waals surface area contributed by atoms with Crippen LogP contribution in [0.5, 0.6) is 0 Å². The van der Waals surface area contributed by atoms with Gasteiger partial charge in [-0.05, 0) is 80.5 Å². The highest BCUT2D eigenvalue weighted by atomic mass is 16.1. The summed E-state index contributed by atoms with van der Waals surface area (Å²) in [5.74, 6) is 1.57. The van der Waals surface area contributed by atoms with Crippen LogP contribution in [0.4, 0.5) is 0 Å². The normalized spacial score (nSPS) is 27.1. The Morgan fingerprint density at radius 1 is 1.14 bits per heavy atom. The third-order valence-corrected chi connectivity index (χ3v) is 6.80. The molecule has 28 heavy (non-hydrogen) atoms. The van der Waals surface area contributed by atoms with Gasteiger partial charge in [0, 0.05) is 30.3 Å². The molecule has 1 aromatic heterocycles. The number of hydrogen-bond donors (Lipinski definition) is 1. The molecule has 148 valence electrons. The first-order valence-corrected chi connectivity index (χ1v) is 10.9. The van der Waals surface area contributed by atoms with Crippen molar-refractivity contribution < 1.29 is 4.79 Å². The fourth-order valence-corrected chi connectivity index (χ4v) is 5.06. The monoisotopic (exact) mass is 376 g/mol. The van der Waals surface area contributed by atoms with E-state index >= 15 is 0 Å². The molecule has 0 saturated heterocycles. The second-order valence-electron chi connectivity index (χ2n) is 8.98. The highest BCUT2D eigenvalue weighted by Crippen LogP contribution is 2.36. The van der Waals surface area contributed by atoms with Crippen molar-refractivity contribution in [3.05, 3.63) is 65.0 Å². The zero-order valence-corrected chi connectivity index (χ0v) is 17.2. The largest absolute Gasteiger partial charge is 0.352 e. The van der Waals surface area contributed by atoms with Crippen LogP contribution in [-0.4, -0.2) is 16.9 Å². The van der Waals surface area contributed by atoms with Crippen LogP contribution in [0.25, 0.3) is 0 Å². The highest BCUT2D eigenvalue weighted by Gasteiger charge is 2.33. The van der Waals surface area contributed by atoms with E-state index in [1.165, 1.54) is 35.1 Å². The van der Waals surface area contributed by atoms with E-state index in [1.54, 1.807) is 0 Å². The summed E-state index contributed by atoms with van der Waals surface area (Å²) in [7, 11) is 0. The Hall–Kier alpha value is -2.16. The standard InChI is InChI=1S/C25H32N2O/c1-17-5-8-20(9-6-17)25(28)27-24-12-10-21-14-18(2)7-11-22(21)23(24)15-19-4-3-13-26-16-19/h3-4,7,11,13-14,16-17,20,23-24H,5-6,8-10,12,15H2,1-2H3,(H,27,28). The number of benzene rings is 1. The Kier molecular flexibility index (Phi) is 5.79. The molecule has 1 N–H and O–H groups in total. The van der Waals surface area contributed by atoms with Crippen LogP contribution in [0.3, 0.4) is 0 Å². The van der Waals surface area contributed by atoms with Crippen molar-refractivity contribution in [3.8, 4) is 0 Å². The molecule has 0 spiro atoms. The molecule has 0 radical (unpaired) electrons. The Morgan fingerprint density at radius 3 is 2.71 bits per heavy atom. The Morgan fingerprint density at radius 2 is 1.96 bits per heavy atom. The Labute approximate surface area is 169 Å². The van der Waals surface area contributed by atoms with Gasteiger partial charge < -0.3 is 5.32 Å². The van der Waals surface area contributed by atoms with E-state index in [4.69, 9.17) is 0 Å². The molecule has 1 heterocycles. The van der Waals surface area contributed by atoms with Gasteiger partial charge in [0.05, 0.1) is 0 Å². The molecule has 2 aliphatic carbocycles. The van der Waals surface area contributed by atoms with Gasteiger partial charge in [0.15, 0.2) is 0 Å². The van der Waals surface area contributed by atoms with E-state index in [9.17, 15) is 4.79 Å². The molecule has 2 unspecified atom stereocenters. The van der Waals surface area contributed by atoms with Gasteiger partial charge in [-0.15, -0.1) is 0 Å². The summed E-state index contributed by atoms with van der Waals surface area (Å²) >= 11 is 0. The molecular formula is C25H32N2O. The van der Waals surface area contributed by atoms with Gasteiger partial charge in [0.2, 0.25) is 5.91 Å². The number of rotatable bonds is 4. The van der Waals surface area contributed by atoms with E-state index in [1.807, 2.05) is 18.5 Å². The first kappa shape index (κ1) is 19.2. The zero-order valence-electron chi connectivity index (χ0n) is 17.2. The van der Waals surface area contributed by atoms with Gasteiger partial charge >= 0.3 is 0 Å². The van der Waals surface area contributed by atoms with E-state index in [0.717, 1.165) is 38.0 Å². The summed E-state index contributed by atoms with van der Waals surface area (Å²) in [6.07, 6.45) is 11.2. The van der Waals surface area contributed by atoms with Gasteiger partial charge in [0.25, 0.3) is 0 Å². The van der Waals surface area contributed by atoms with E-state index in [0.29, 0.717) is 5.92 Å². The number of amides is 1. The predicted molar refractivity (Wildman–Crippen MR) is 113 cm³/mol. The molecule has 4 rings (SSSR count). The Balaban J connectivity index is 1.54. The van der Waals surface area contributed by atoms with Crippen LogP contribution >= 0.6 is 0 Å². The minimum Gasteiger partial charge on any atom is -0.352 e. The van der Waals surface area contributed by atoms with Crippen LogP contribution in [0.2, 0.25) is 0 Å². The van der Waals surface area contributed by atoms with Crippen LogP contribution in [0.15, 0.2) is 42.7 Å². The summed E-state index contributed by atoms with van der Waals surface area (Å²) in [5, 5.41) is 3.47. The molecule has 2 aromatic rings. The lowest BCUT2D eigenvalue weighted by molar-refractivity contribution is -0.127. The number of carbonyl (C=O) groups is 1. The average Bonchev–Trinajstić information content (AvgIpc) is 2.71. The molecule has 0 aliphatic heterocycles. The molecule has 2 atom stereocenters. The number of hydrogen-bond acceptors (Lipinski definition) is 2. The van der Waals surface area contributed by atoms with Gasteiger partial charge in [0.1, 0.15) is 0 Å². The fraction of sp³-hybridized carbons (Fsp3) is 0.520. The number of pyridine rings is 1. The first-order chi connectivity index (χ1) is 13.6. The smallest absolute Gasteiger partial charge is 0.223 e. The summed E-state index contributed by atoms with van der Waals surface area (Å²) in [5.41, 5.74) is 5.42. The number of aryl methyl sites for hydroxylation is 2. The van der Waals surface area contributed by atoms with Crippen LogP contribution in [0, 0.1) is 18.8 Å². The third-order valence-electron chi connectivity index (χ3n) is 6.80. The molecule has 3 heteroatoms. The van der Waals surface area contributed by atoms with E-state index in [-0.39, 0.29) is 17.9 Å². The number of aromatic nitrogens is 1. The van der Waals surface area contributed by atoms with Gasteiger partial charge in [-0.3, -0.25) is 9.78 Å². The molecule has 3 nitrogen and oxygen atoms in total. The summed E-state index contributed by atoms with van der Waals surface area (Å²) in [6, 6.07) is 11.2. The molecule has 2 aliphatic rings. The second-order valence-corrected chi connectivity index (χ2v) is 8.98. The van der Waals surface area contributed by atoms with Gasteiger partial charge in [-0.1, -0.05) is 36.8 Å². The topological polar surface area (TPSA) is 42.0 Å². The van der Waals surface area contributed by atoms with Crippen molar-refractivity contribution in [3.63, 3.8) is 0 Å². The minimum atomic E-state index is 0.203. The summed E-state index contributed by atoms with van der Waals surface area (Å²) in [6.45, 7) is 4.46. The minimum absolute atomic E-state index is 0.203. The summed E-state index contributed by atoms with van der Waals surface area (Å²) < 4.78 is 0. The zero-order chi connectivity index (χ0) is 19.5. The quantitative estimate of drug-likeness (QED) is 0.818. The molecule has 1 fully saturated rings. The summed E-state index contributed by atoms with van der Waals surface area (Å²) in [4.78, 5) is 17.3. The van der Waals surface area contributed by atoms with Crippen LogP contribution in [-0.2, 0) is 17.6 Å². The van der Waals surface area contributed by atoms with Gasteiger partial charge in [-0.2, -0.15) is 0 Å². The second kappa shape index (κ2) is 8.46. The molecule has 1 amide bonds. The highest BCUT2D eigenvalue weighted by molar-refractivity contribution is 5.79. The first-order valence-electron chi connectivity index (χ1n) is 10.9. The van der Waals surface area contributed by atoms with Crippen molar-refractivity contribution in [2.45, 2.75) is 70.8 Å². The van der Waals surface area contributed by atoms with Gasteiger partial charge in [-0.25, -0.2) is 0 Å². The third kappa shape index (κ3) is 4.29. The van der Waals surface area contributed by atoms with Crippen molar-refractivity contribution >= 4 is 5.91 Å². The SMILES string of the molecule is Cc1ccc2c(c1)CCC(NC(=O)C1CCC(C)CC1)C2Cc1cccnc1. The number of nitrogens with zero attached hydrogens (tertiary/aromatic N) is 1. The van der Waals surface area contributed by atoms with Crippen molar-refractivity contribution in [1.82, 2.24) is 10.3 Å². The maximum atomic E-state index is 13.0. The number of fused-ring (bicyclic) bond motifs is 1. The van der Waals surface area contributed by atoms with E-state index in [2.05, 4.69) is 48.4 Å². The fourth-order valence-electron chi connectivity index (χ4n) is 5.06. The average molecular weight is 377 g/mol. The number of carbonyl (C=O) groups excluding carboxylic acids is 1. The maximum absolute atomic E-state index is 13.0. The lowest BCUT2D eigenvalue weighted by Gasteiger charge is -2.36. The predicted octanol–water partition coefficient (Wildman–Crippen LogP) is 4.97. The lowest BCUT2D eigenvalue weighted by atomic mass is 9.75. The number of nitrogens with one attached hydrogen (secondary N) is 1. The van der Waals surface area contributed by atoms with Crippen molar-refractivity contribution in [2.24, 2.45) is 11.8 Å². The van der Waals surface area contributed by atoms with E-state index < -0.39 is 0 Å². The van der Waals surface area contributed by atoms with Crippen molar-refractivity contribution in [2.75, 3.05) is 0 Å². The molecule has 1 saturated carbocycles. The maximum Gasteiger partial charge on any atom is 0.223 e. The Bertz CT molecular complexity index is 809. The molecule has 0 bridgehead atoms. The van der Waals surface area contributed by atoms with Crippen LogP contribution in [0.1, 0.15) is 67.2 Å². The molecular weight excluding hydrogens is 344 g/mol.